The minimum Gasteiger partial charge on any atom is -0.391 e. The standard InChI is InChI=1S/C16H20N4O3/c21-13-6-2-1-5-12(13)18-14(22)7-8-15-19-16(20-23-15)11-4-3-9-17-10-11/h3-4,9-10,12-13,21H,1-2,5-8H2,(H,18,22). The molecule has 0 spiro atoms. The zero-order valence-electron chi connectivity index (χ0n) is 12.8. The molecule has 23 heavy (non-hydrogen) atoms. The molecule has 0 radical (unpaired) electrons. The van der Waals surface area contributed by atoms with Gasteiger partial charge in [0.1, 0.15) is 0 Å². The van der Waals surface area contributed by atoms with Crippen molar-refractivity contribution in [2.24, 2.45) is 0 Å². The average molecular weight is 316 g/mol. The lowest BCUT2D eigenvalue weighted by Gasteiger charge is -2.28. The van der Waals surface area contributed by atoms with Crippen molar-refractivity contribution in [3.8, 4) is 11.4 Å². The smallest absolute Gasteiger partial charge is 0.227 e. The average Bonchev–Trinajstić information content (AvgIpc) is 3.05. The Labute approximate surface area is 134 Å². The van der Waals surface area contributed by atoms with Crippen molar-refractivity contribution in [3.05, 3.63) is 30.4 Å². The van der Waals surface area contributed by atoms with Crippen molar-refractivity contribution in [1.29, 1.82) is 0 Å². The number of hydrogen-bond donors (Lipinski definition) is 2. The van der Waals surface area contributed by atoms with E-state index in [1.54, 1.807) is 18.5 Å². The molecule has 1 aliphatic rings. The van der Waals surface area contributed by atoms with Crippen LogP contribution in [0.3, 0.4) is 0 Å². The summed E-state index contributed by atoms with van der Waals surface area (Å²) in [6.07, 6.45) is 7.18. The molecule has 2 aromatic heterocycles. The second-order valence-corrected chi connectivity index (χ2v) is 5.78. The number of amides is 1. The summed E-state index contributed by atoms with van der Waals surface area (Å²) >= 11 is 0. The van der Waals surface area contributed by atoms with Gasteiger partial charge in [0.2, 0.25) is 17.6 Å². The molecule has 2 unspecified atom stereocenters. The van der Waals surface area contributed by atoms with Crippen molar-refractivity contribution in [3.63, 3.8) is 0 Å². The van der Waals surface area contributed by atoms with Crippen LogP contribution in [0, 0.1) is 0 Å². The minimum absolute atomic E-state index is 0.0999. The summed E-state index contributed by atoms with van der Waals surface area (Å²) < 4.78 is 5.16. The van der Waals surface area contributed by atoms with E-state index in [1.165, 1.54) is 0 Å². The van der Waals surface area contributed by atoms with E-state index in [0.717, 1.165) is 31.2 Å². The number of carbonyl (C=O) groups excluding carboxylic acids is 1. The highest BCUT2D eigenvalue weighted by molar-refractivity contribution is 5.76. The molecule has 7 heteroatoms. The molecule has 2 heterocycles. The number of aryl methyl sites for hydroxylation is 1. The van der Waals surface area contributed by atoms with Crippen LogP contribution >= 0.6 is 0 Å². The number of hydrogen-bond acceptors (Lipinski definition) is 6. The first-order valence-electron chi connectivity index (χ1n) is 7.93. The van der Waals surface area contributed by atoms with Crippen LogP contribution < -0.4 is 5.32 Å². The zero-order valence-corrected chi connectivity index (χ0v) is 12.8. The third-order valence-electron chi connectivity index (χ3n) is 4.03. The van der Waals surface area contributed by atoms with Gasteiger partial charge < -0.3 is 14.9 Å². The van der Waals surface area contributed by atoms with Crippen molar-refractivity contribution >= 4 is 5.91 Å². The molecule has 1 amide bonds. The van der Waals surface area contributed by atoms with E-state index < -0.39 is 6.10 Å². The lowest BCUT2D eigenvalue weighted by molar-refractivity contribution is -0.123. The van der Waals surface area contributed by atoms with Gasteiger partial charge in [-0.25, -0.2) is 0 Å². The molecular formula is C16H20N4O3. The Bertz CT molecular complexity index is 644. The third-order valence-corrected chi connectivity index (χ3v) is 4.03. The Morgan fingerprint density at radius 1 is 1.39 bits per heavy atom. The first-order chi connectivity index (χ1) is 11.2. The molecule has 2 N–H and O–H groups in total. The van der Waals surface area contributed by atoms with Crippen molar-refractivity contribution in [2.75, 3.05) is 0 Å². The highest BCUT2D eigenvalue weighted by atomic mass is 16.5. The summed E-state index contributed by atoms with van der Waals surface area (Å²) in [6, 6.07) is 3.51. The summed E-state index contributed by atoms with van der Waals surface area (Å²) in [5.41, 5.74) is 0.775. The van der Waals surface area contributed by atoms with Gasteiger partial charge in [-0.1, -0.05) is 18.0 Å². The molecule has 0 saturated heterocycles. The largest absolute Gasteiger partial charge is 0.391 e. The highest BCUT2D eigenvalue weighted by Crippen LogP contribution is 2.18. The topological polar surface area (TPSA) is 101 Å². The second kappa shape index (κ2) is 7.32. The molecule has 1 fully saturated rings. The van der Waals surface area contributed by atoms with E-state index in [9.17, 15) is 9.90 Å². The van der Waals surface area contributed by atoms with Crippen LogP contribution in [-0.2, 0) is 11.2 Å². The molecular weight excluding hydrogens is 296 g/mol. The maximum atomic E-state index is 12.0. The fraction of sp³-hybridized carbons (Fsp3) is 0.500. The van der Waals surface area contributed by atoms with Crippen molar-refractivity contribution < 1.29 is 14.4 Å². The van der Waals surface area contributed by atoms with E-state index in [1.807, 2.05) is 6.07 Å². The zero-order chi connectivity index (χ0) is 16.1. The number of carbonyl (C=O) groups is 1. The van der Waals surface area contributed by atoms with Crippen LogP contribution in [0.5, 0.6) is 0 Å². The van der Waals surface area contributed by atoms with E-state index in [-0.39, 0.29) is 18.4 Å². The van der Waals surface area contributed by atoms with Gasteiger partial charge >= 0.3 is 0 Å². The van der Waals surface area contributed by atoms with Crippen LogP contribution in [-0.4, -0.2) is 38.3 Å². The second-order valence-electron chi connectivity index (χ2n) is 5.78. The monoisotopic (exact) mass is 316 g/mol. The van der Waals surface area contributed by atoms with Crippen LogP contribution in [0.4, 0.5) is 0 Å². The predicted octanol–water partition coefficient (Wildman–Crippen LogP) is 1.48. The van der Waals surface area contributed by atoms with E-state index >= 15 is 0 Å². The Hall–Kier alpha value is -2.28. The summed E-state index contributed by atoms with van der Waals surface area (Å²) in [5.74, 6) is 0.788. The molecule has 2 atom stereocenters. The Balaban J connectivity index is 1.50. The van der Waals surface area contributed by atoms with E-state index in [2.05, 4.69) is 20.4 Å². The van der Waals surface area contributed by atoms with Crippen LogP contribution in [0.15, 0.2) is 29.0 Å². The number of nitrogens with zero attached hydrogens (tertiary/aromatic N) is 3. The predicted molar refractivity (Wildman–Crippen MR) is 82.3 cm³/mol. The van der Waals surface area contributed by atoms with Gasteiger partial charge in [-0.3, -0.25) is 9.78 Å². The summed E-state index contributed by atoms with van der Waals surface area (Å²) in [4.78, 5) is 20.3. The lowest BCUT2D eigenvalue weighted by Crippen LogP contribution is -2.45. The summed E-state index contributed by atoms with van der Waals surface area (Å²) in [6.45, 7) is 0. The number of pyridine rings is 1. The Morgan fingerprint density at radius 2 is 2.26 bits per heavy atom. The normalized spacial score (nSPS) is 21.1. The quantitative estimate of drug-likeness (QED) is 0.866. The van der Waals surface area contributed by atoms with Gasteiger partial charge in [0, 0.05) is 30.8 Å². The molecule has 0 aliphatic heterocycles. The van der Waals surface area contributed by atoms with Gasteiger partial charge in [0.05, 0.1) is 12.1 Å². The van der Waals surface area contributed by atoms with Gasteiger partial charge in [0.15, 0.2) is 0 Å². The fourth-order valence-corrected chi connectivity index (χ4v) is 2.75. The van der Waals surface area contributed by atoms with Gasteiger partial charge in [0.25, 0.3) is 0 Å². The molecule has 7 nitrogen and oxygen atoms in total. The first-order valence-corrected chi connectivity index (χ1v) is 7.93. The molecule has 1 saturated carbocycles. The van der Waals surface area contributed by atoms with Gasteiger partial charge in [-0.05, 0) is 25.0 Å². The van der Waals surface area contributed by atoms with E-state index in [4.69, 9.17) is 4.52 Å². The number of nitrogens with one attached hydrogen (secondary N) is 1. The summed E-state index contributed by atoms with van der Waals surface area (Å²) in [5, 5.41) is 16.7. The minimum atomic E-state index is -0.437. The van der Waals surface area contributed by atoms with E-state index in [0.29, 0.717) is 18.1 Å². The van der Waals surface area contributed by atoms with Crippen LogP contribution in [0.25, 0.3) is 11.4 Å². The van der Waals surface area contributed by atoms with Gasteiger partial charge in [-0.15, -0.1) is 0 Å². The maximum absolute atomic E-state index is 12.0. The molecule has 2 aromatic rings. The van der Waals surface area contributed by atoms with Gasteiger partial charge in [-0.2, -0.15) is 4.98 Å². The SMILES string of the molecule is O=C(CCc1nc(-c2cccnc2)no1)NC1CCCCC1O. The number of rotatable bonds is 5. The van der Waals surface area contributed by atoms with Crippen molar-refractivity contribution in [2.45, 2.75) is 50.7 Å². The first kappa shape index (κ1) is 15.6. The number of aliphatic hydroxyl groups excluding tert-OH is 1. The molecule has 0 aromatic carbocycles. The Kier molecular flexibility index (Phi) is 4.97. The maximum Gasteiger partial charge on any atom is 0.227 e. The van der Waals surface area contributed by atoms with Crippen molar-refractivity contribution in [1.82, 2.24) is 20.4 Å². The number of aromatic nitrogens is 3. The summed E-state index contributed by atoms with van der Waals surface area (Å²) in [7, 11) is 0. The highest BCUT2D eigenvalue weighted by Gasteiger charge is 2.24. The molecule has 0 bridgehead atoms. The Morgan fingerprint density at radius 3 is 3.04 bits per heavy atom. The molecule has 3 rings (SSSR count). The molecule has 122 valence electrons. The number of aliphatic hydroxyl groups is 1. The molecule has 1 aliphatic carbocycles. The third kappa shape index (κ3) is 4.13. The van der Waals surface area contributed by atoms with Crippen LogP contribution in [0.1, 0.15) is 38.0 Å². The fourth-order valence-electron chi connectivity index (χ4n) is 2.75. The lowest BCUT2D eigenvalue weighted by atomic mass is 9.92. The van der Waals surface area contributed by atoms with Crippen LogP contribution in [0.2, 0.25) is 0 Å².